The van der Waals surface area contributed by atoms with E-state index in [0.717, 1.165) is 6.42 Å². The van der Waals surface area contributed by atoms with E-state index >= 15 is 0 Å². The molecule has 2 bridgehead atoms. The summed E-state index contributed by atoms with van der Waals surface area (Å²) in [6, 6.07) is 0. The third-order valence-electron chi connectivity index (χ3n) is 10.0. The number of carbonyl (C=O) groups is 3. The Morgan fingerprint density at radius 3 is 2.41 bits per heavy atom. The highest BCUT2D eigenvalue weighted by Gasteiger charge is 2.86. The summed E-state index contributed by atoms with van der Waals surface area (Å²) in [5.74, 6) is -2.38. The first-order valence-electron chi connectivity index (χ1n) is 13.1. The van der Waals surface area contributed by atoms with E-state index in [2.05, 4.69) is 13.8 Å². The maximum Gasteiger partial charge on any atom is 0.335 e. The molecule has 10 atom stereocenters. The smallest absolute Gasteiger partial charge is 0.335 e. The Bertz CT molecular complexity index is 1060. The van der Waals surface area contributed by atoms with Gasteiger partial charge in [-0.2, -0.15) is 0 Å². The number of carbonyl (C=O) groups excluding carboxylic acids is 3. The van der Waals surface area contributed by atoms with Crippen LogP contribution in [0.2, 0.25) is 0 Å². The van der Waals surface area contributed by atoms with Gasteiger partial charge in [-0.3, -0.25) is 0 Å². The lowest BCUT2D eigenvalue weighted by atomic mass is 9.50. The number of fused-ring (bicyclic) bond motifs is 2. The molecule has 5 fully saturated rings. The first kappa shape index (κ1) is 25.0. The van der Waals surface area contributed by atoms with Crippen molar-refractivity contribution in [2.24, 2.45) is 16.7 Å². The molecule has 0 radical (unpaired) electrons. The zero-order valence-electron chi connectivity index (χ0n) is 21.3. The predicted molar refractivity (Wildman–Crippen MR) is 125 cm³/mol. The standard InChI is InChI=1S/C27H34O10/c1-15-8-11-32-18(28)6-4-5-7-19(29)35-16-12-17-27(14-34-27)25(16,3)26(13-33-23(31)20(15)30)10-9-24(2)21(37-24)22(26)36-17/h4-7,15-17,20-22,30H,8-14H2,1-3H3/b6-4+,7-5-/t15-,16-,17-,20+,21+,22-,24-,25-,26-,27+/m1/s1. The molecule has 0 aromatic carbocycles. The number of epoxide rings is 2. The fraction of sp³-hybridized carbons (Fsp3) is 0.741. The van der Waals surface area contributed by atoms with Crippen LogP contribution >= 0.6 is 0 Å². The molecule has 0 aromatic heterocycles. The number of allylic oxidation sites excluding steroid dienone is 2. The fourth-order valence-corrected chi connectivity index (χ4v) is 7.36. The Morgan fingerprint density at radius 1 is 0.946 bits per heavy atom. The molecule has 0 amide bonds. The van der Waals surface area contributed by atoms with Crippen LogP contribution in [0.5, 0.6) is 0 Å². The SMILES string of the molecule is C[C@@H]1CCOC(=O)/C=C/C=C\C(=O)O[C@@H]2C[C@H]3O[C@@H]4[C@@H]5O[C@]5(C)CC[C@]4(COC(=O)[C@H]1O)[C@]2(C)[C@]31CO1. The van der Waals surface area contributed by atoms with Crippen molar-refractivity contribution in [3.05, 3.63) is 24.3 Å². The molecule has 10 heteroatoms. The lowest BCUT2D eigenvalue weighted by molar-refractivity contribution is -0.252. The molecule has 2 aliphatic carbocycles. The average molecular weight is 519 g/mol. The van der Waals surface area contributed by atoms with Crippen LogP contribution in [0.3, 0.4) is 0 Å². The molecule has 2 saturated carbocycles. The van der Waals surface area contributed by atoms with Gasteiger partial charge in [-0.05, 0) is 32.1 Å². The van der Waals surface area contributed by atoms with Crippen molar-refractivity contribution in [2.75, 3.05) is 19.8 Å². The van der Waals surface area contributed by atoms with E-state index in [1.54, 1.807) is 6.92 Å². The van der Waals surface area contributed by atoms with Gasteiger partial charge in [-0.15, -0.1) is 0 Å². The Labute approximate surface area is 215 Å². The molecule has 3 saturated heterocycles. The summed E-state index contributed by atoms with van der Waals surface area (Å²) in [5, 5.41) is 10.7. The van der Waals surface area contributed by atoms with Gasteiger partial charge in [-0.1, -0.05) is 26.0 Å². The summed E-state index contributed by atoms with van der Waals surface area (Å²) < 4.78 is 35.9. The van der Waals surface area contributed by atoms with Gasteiger partial charge in [-0.25, -0.2) is 14.4 Å². The largest absolute Gasteiger partial charge is 0.463 e. The lowest BCUT2D eigenvalue weighted by Crippen LogP contribution is -2.69. The van der Waals surface area contributed by atoms with Crippen molar-refractivity contribution in [2.45, 2.75) is 88.2 Å². The first-order valence-corrected chi connectivity index (χ1v) is 13.1. The van der Waals surface area contributed by atoms with E-state index < -0.39 is 52.5 Å². The highest BCUT2D eigenvalue weighted by molar-refractivity contribution is 5.84. The van der Waals surface area contributed by atoms with Crippen LogP contribution in [0.15, 0.2) is 24.3 Å². The summed E-state index contributed by atoms with van der Waals surface area (Å²) in [7, 11) is 0. The molecular weight excluding hydrogens is 484 g/mol. The normalized spacial score (nSPS) is 52.9. The van der Waals surface area contributed by atoms with Crippen molar-refractivity contribution >= 4 is 17.9 Å². The number of esters is 3. The zero-order valence-corrected chi connectivity index (χ0v) is 21.3. The van der Waals surface area contributed by atoms with Crippen molar-refractivity contribution in [3.8, 4) is 0 Å². The van der Waals surface area contributed by atoms with E-state index in [9.17, 15) is 19.5 Å². The molecule has 10 nitrogen and oxygen atoms in total. The molecule has 4 heterocycles. The molecular formula is C27H34O10. The van der Waals surface area contributed by atoms with Crippen LogP contribution in [0.25, 0.3) is 0 Å². The Hall–Kier alpha value is -2.27. The first-order chi connectivity index (χ1) is 17.6. The molecule has 4 aliphatic heterocycles. The van der Waals surface area contributed by atoms with Crippen molar-refractivity contribution in [1.82, 2.24) is 0 Å². The second-order valence-electron chi connectivity index (χ2n) is 11.8. The summed E-state index contributed by atoms with van der Waals surface area (Å²) in [4.78, 5) is 37.7. The Balaban J connectivity index is 1.37. The molecule has 0 unspecified atom stereocenters. The third kappa shape index (κ3) is 3.56. The van der Waals surface area contributed by atoms with E-state index in [-0.39, 0.29) is 43.5 Å². The second-order valence-corrected chi connectivity index (χ2v) is 11.8. The number of hydrogen-bond acceptors (Lipinski definition) is 10. The summed E-state index contributed by atoms with van der Waals surface area (Å²) in [6.45, 7) is 6.30. The molecule has 2 spiro atoms. The van der Waals surface area contributed by atoms with Crippen molar-refractivity contribution < 1.29 is 47.9 Å². The molecule has 37 heavy (non-hydrogen) atoms. The molecule has 1 N–H and O–H groups in total. The van der Waals surface area contributed by atoms with Crippen LogP contribution in [0, 0.1) is 16.7 Å². The summed E-state index contributed by atoms with van der Waals surface area (Å²) in [5.41, 5.74) is -2.40. The second kappa shape index (κ2) is 8.36. The maximum absolute atomic E-state index is 13.0. The molecule has 202 valence electrons. The van der Waals surface area contributed by atoms with Crippen LogP contribution in [-0.4, -0.2) is 84.6 Å². The van der Waals surface area contributed by atoms with Gasteiger partial charge in [0.05, 0.1) is 36.4 Å². The van der Waals surface area contributed by atoms with Gasteiger partial charge in [0.15, 0.2) is 6.10 Å². The number of hydrogen-bond donors (Lipinski definition) is 1. The lowest BCUT2D eigenvalue weighted by Gasteiger charge is -2.58. The van der Waals surface area contributed by atoms with E-state index in [4.69, 9.17) is 28.4 Å². The monoisotopic (exact) mass is 518 g/mol. The number of aliphatic hydroxyl groups is 1. The Kier molecular flexibility index (Phi) is 5.66. The van der Waals surface area contributed by atoms with E-state index in [1.165, 1.54) is 24.3 Å². The van der Waals surface area contributed by atoms with Gasteiger partial charge in [0.1, 0.15) is 24.4 Å². The van der Waals surface area contributed by atoms with Gasteiger partial charge >= 0.3 is 17.9 Å². The van der Waals surface area contributed by atoms with Crippen LogP contribution in [0.4, 0.5) is 0 Å². The zero-order chi connectivity index (χ0) is 26.2. The number of ether oxygens (including phenoxy) is 6. The van der Waals surface area contributed by atoms with Crippen molar-refractivity contribution in [1.29, 1.82) is 0 Å². The summed E-state index contributed by atoms with van der Waals surface area (Å²) >= 11 is 0. The average Bonchev–Trinajstić information content (AvgIpc) is 3.77. The van der Waals surface area contributed by atoms with Crippen molar-refractivity contribution in [3.63, 3.8) is 0 Å². The van der Waals surface area contributed by atoms with Crippen LogP contribution in [0.1, 0.15) is 46.5 Å². The third-order valence-corrected chi connectivity index (χ3v) is 10.0. The summed E-state index contributed by atoms with van der Waals surface area (Å²) in [6.07, 6.45) is 4.66. The van der Waals surface area contributed by atoms with Gasteiger partial charge in [0, 0.05) is 24.0 Å². The minimum atomic E-state index is -1.38. The molecule has 6 aliphatic rings. The van der Waals surface area contributed by atoms with Crippen LogP contribution < -0.4 is 0 Å². The Morgan fingerprint density at radius 2 is 1.68 bits per heavy atom. The number of cyclic esters (lactones) is 2. The van der Waals surface area contributed by atoms with Crippen LogP contribution in [-0.2, 0) is 42.8 Å². The minimum Gasteiger partial charge on any atom is -0.463 e. The quantitative estimate of drug-likeness (QED) is 0.285. The van der Waals surface area contributed by atoms with Gasteiger partial charge in [0.2, 0.25) is 0 Å². The highest BCUT2D eigenvalue weighted by atomic mass is 16.7. The van der Waals surface area contributed by atoms with Gasteiger partial charge in [0.25, 0.3) is 0 Å². The number of rotatable bonds is 0. The van der Waals surface area contributed by atoms with E-state index in [1.807, 2.05) is 0 Å². The maximum atomic E-state index is 13.0. The molecule has 0 aromatic rings. The fourth-order valence-electron chi connectivity index (χ4n) is 7.36. The van der Waals surface area contributed by atoms with E-state index in [0.29, 0.717) is 19.4 Å². The topological polar surface area (TPSA) is 133 Å². The number of aliphatic hydroxyl groups excluding tert-OH is 1. The molecule has 6 rings (SSSR count). The predicted octanol–water partition coefficient (Wildman–Crippen LogP) is 1.38. The van der Waals surface area contributed by atoms with Gasteiger partial charge < -0.3 is 33.5 Å². The minimum absolute atomic E-state index is 0.0217. The highest BCUT2D eigenvalue weighted by Crippen LogP contribution is 2.75.